The first-order chi connectivity index (χ1) is 10.6. The summed E-state index contributed by atoms with van der Waals surface area (Å²) in [6.07, 6.45) is 1.65. The van der Waals surface area contributed by atoms with Gasteiger partial charge in [0.25, 0.3) is 0 Å². The van der Waals surface area contributed by atoms with Gasteiger partial charge in [-0.25, -0.2) is 0 Å². The van der Waals surface area contributed by atoms with Gasteiger partial charge in [0.2, 0.25) is 0 Å². The maximum atomic E-state index is 8.74. The minimum Gasteiger partial charge on any atom is -0.331 e. The average Bonchev–Trinajstić information content (AvgIpc) is 2.52. The van der Waals surface area contributed by atoms with Crippen LogP contribution in [-0.4, -0.2) is 11.3 Å². The molecule has 22 heavy (non-hydrogen) atoms. The van der Waals surface area contributed by atoms with E-state index < -0.39 is 0 Å². The number of thiocarbonyl (C=S) groups is 1. The monoisotopic (exact) mass is 308 g/mol. The first-order valence-corrected chi connectivity index (χ1v) is 7.17. The predicted octanol–water partition coefficient (Wildman–Crippen LogP) is 3.50. The number of hydrogen-bond donors (Lipinski definition) is 2. The minimum absolute atomic E-state index is 0.429. The Hall–Kier alpha value is -2.71. The molecule has 0 aromatic heterocycles. The zero-order valence-corrected chi connectivity index (χ0v) is 13.2. The second-order valence-electron chi connectivity index (χ2n) is 4.81. The van der Waals surface area contributed by atoms with E-state index in [4.69, 9.17) is 17.5 Å². The van der Waals surface area contributed by atoms with E-state index in [9.17, 15) is 0 Å². The summed E-state index contributed by atoms with van der Waals surface area (Å²) in [5.74, 6) is 0. The first-order valence-electron chi connectivity index (χ1n) is 6.76. The van der Waals surface area contributed by atoms with Crippen molar-refractivity contribution in [3.05, 3.63) is 64.7 Å². The number of nitrogens with one attached hydrogen (secondary N) is 2. The molecule has 0 aliphatic heterocycles. The summed E-state index contributed by atoms with van der Waals surface area (Å²) < 4.78 is 0. The van der Waals surface area contributed by atoms with Crippen LogP contribution in [0.3, 0.4) is 0 Å². The molecule has 2 aromatic carbocycles. The first kappa shape index (κ1) is 15.7. The van der Waals surface area contributed by atoms with Gasteiger partial charge < -0.3 is 5.32 Å². The lowest BCUT2D eigenvalue weighted by Crippen LogP contribution is -2.24. The van der Waals surface area contributed by atoms with Crippen LogP contribution in [0.5, 0.6) is 0 Å². The minimum atomic E-state index is 0.429. The molecule has 0 radical (unpaired) electrons. The number of nitriles is 1. The molecule has 4 nitrogen and oxygen atoms in total. The van der Waals surface area contributed by atoms with Crippen LogP contribution in [-0.2, 0) is 0 Å². The number of hydrogen-bond acceptors (Lipinski definition) is 3. The van der Waals surface area contributed by atoms with Gasteiger partial charge in [0, 0.05) is 5.69 Å². The predicted molar refractivity (Wildman–Crippen MR) is 94.0 cm³/mol. The van der Waals surface area contributed by atoms with Crippen LogP contribution in [0.15, 0.2) is 47.6 Å². The Morgan fingerprint density at radius 3 is 2.59 bits per heavy atom. The van der Waals surface area contributed by atoms with Crippen molar-refractivity contribution in [2.75, 3.05) is 5.32 Å². The SMILES string of the molecule is Cc1cccc(NC(=S)NN=Cc2ccc(C#N)cc2)c1C. The summed E-state index contributed by atoms with van der Waals surface area (Å²) >= 11 is 5.21. The molecule has 0 amide bonds. The molecule has 0 heterocycles. The van der Waals surface area contributed by atoms with Crippen molar-refractivity contribution < 1.29 is 0 Å². The lowest BCUT2D eigenvalue weighted by molar-refractivity contribution is 1.05. The largest absolute Gasteiger partial charge is 0.331 e. The Morgan fingerprint density at radius 1 is 1.18 bits per heavy atom. The molecule has 0 aliphatic rings. The van der Waals surface area contributed by atoms with Crippen molar-refractivity contribution >= 4 is 29.2 Å². The fraction of sp³-hybridized carbons (Fsp3) is 0.118. The molecule has 2 rings (SSSR count). The van der Waals surface area contributed by atoms with Crippen LogP contribution >= 0.6 is 12.2 Å². The van der Waals surface area contributed by atoms with E-state index in [1.54, 1.807) is 18.3 Å². The molecule has 0 unspecified atom stereocenters. The normalized spacial score (nSPS) is 10.2. The van der Waals surface area contributed by atoms with Crippen molar-refractivity contribution in [3.8, 4) is 6.07 Å². The topological polar surface area (TPSA) is 60.2 Å². The standard InChI is InChI=1S/C17H16N4S/c1-12-4-3-5-16(13(12)2)20-17(22)21-19-11-15-8-6-14(10-18)7-9-15/h3-9,11H,1-2H3,(H2,20,21,22). The fourth-order valence-corrected chi connectivity index (χ4v) is 2.01. The average molecular weight is 308 g/mol. The molecule has 0 saturated carbocycles. The summed E-state index contributed by atoms with van der Waals surface area (Å²) in [6.45, 7) is 4.10. The molecule has 0 saturated heterocycles. The van der Waals surface area contributed by atoms with E-state index in [2.05, 4.69) is 34.9 Å². The highest BCUT2D eigenvalue weighted by atomic mass is 32.1. The number of hydrazone groups is 1. The summed E-state index contributed by atoms with van der Waals surface area (Å²) in [4.78, 5) is 0. The third-order valence-corrected chi connectivity index (χ3v) is 3.47. The van der Waals surface area contributed by atoms with Crippen LogP contribution < -0.4 is 10.7 Å². The van der Waals surface area contributed by atoms with Gasteiger partial charge >= 0.3 is 0 Å². The highest BCUT2D eigenvalue weighted by molar-refractivity contribution is 7.80. The third-order valence-electron chi connectivity index (χ3n) is 3.27. The zero-order chi connectivity index (χ0) is 15.9. The van der Waals surface area contributed by atoms with Gasteiger partial charge in [-0.2, -0.15) is 10.4 Å². The molecule has 2 N–H and O–H groups in total. The second-order valence-corrected chi connectivity index (χ2v) is 5.21. The zero-order valence-electron chi connectivity index (χ0n) is 12.4. The maximum absolute atomic E-state index is 8.74. The molecule has 2 aromatic rings. The number of anilines is 1. The smallest absolute Gasteiger partial charge is 0.191 e. The van der Waals surface area contributed by atoms with E-state index in [1.807, 2.05) is 31.2 Å². The molecule has 0 atom stereocenters. The number of nitrogens with zero attached hydrogens (tertiary/aromatic N) is 2. The van der Waals surface area contributed by atoms with E-state index in [-0.39, 0.29) is 0 Å². The van der Waals surface area contributed by atoms with Crippen LogP contribution in [0.25, 0.3) is 0 Å². The van der Waals surface area contributed by atoms with Gasteiger partial charge in [0.05, 0.1) is 17.8 Å². The quantitative estimate of drug-likeness (QED) is 0.517. The van der Waals surface area contributed by atoms with E-state index in [0.29, 0.717) is 10.7 Å². The molecule has 0 fully saturated rings. The molecule has 5 heteroatoms. The lowest BCUT2D eigenvalue weighted by Gasteiger charge is -2.11. The summed E-state index contributed by atoms with van der Waals surface area (Å²) in [6, 6.07) is 15.2. The summed E-state index contributed by atoms with van der Waals surface area (Å²) in [5.41, 5.74) is 7.61. The van der Waals surface area contributed by atoms with Crippen LogP contribution in [0.1, 0.15) is 22.3 Å². The fourth-order valence-electron chi connectivity index (χ4n) is 1.85. The van der Waals surface area contributed by atoms with E-state index in [1.165, 1.54) is 5.56 Å². The van der Waals surface area contributed by atoms with Crippen molar-refractivity contribution in [2.45, 2.75) is 13.8 Å². The molecule has 0 bridgehead atoms. The van der Waals surface area contributed by atoms with E-state index >= 15 is 0 Å². The molecular weight excluding hydrogens is 292 g/mol. The Labute approximate surface area is 135 Å². The Morgan fingerprint density at radius 2 is 1.91 bits per heavy atom. The van der Waals surface area contributed by atoms with Gasteiger partial charge in [0.1, 0.15) is 0 Å². The summed E-state index contributed by atoms with van der Waals surface area (Å²) in [5, 5.41) is 16.4. The van der Waals surface area contributed by atoms with Gasteiger partial charge in [0.15, 0.2) is 5.11 Å². The number of benzene rings is 2. The van der Waals surface area contributed by atoms with Crippen LogP contribution in [0.4, 0.5) is 5.69 Å². The Bertz CT molecular complexity index is 742. The number of aryl methyl sites for hydroxylation is 1. The summed E-state index contributed by atoms with van der Waals surface area (Å²) in [7, 11) is 0. The molecule has 0 spiro atoms. The van der Waals surface area contributed by atoms with Gasteiger partial charge in [-0.05, 0) is 61.0 Å². The maximum Gasteiger partial charge on any atom is 0.191 e. The van der Waals surface area contributed by atoms with Crippen LogP contribution in [0, 0.1) is 25.2 Å². The van der Waals surface area contributed by atoms with Gasteiger partial charge in [-0.3, -0.25) is 5.43 Å². The lowest BCUT2D eigenvalue weighted by atomic mass is 10.1. The highest BCUT2D eigenvalue weighted by Crippen LogP contribution is 2.17. The Balaban J connectivity index is 1.93. The number of rotatable bonds is 3. The highest BCUT2D eigenvalue weighted by Gasteiger charge is 2.01. The van der Waals surface area contributed by atoms with Crippen molar-refractivity contribution in [2.24, 2.45) is 5.10 Å². The third kappa shape index (κ3) is 4.14. The molecular formula is C17H16N4S. The van der Waals surface area contributed by atoms with Gasteiger partial charge in [-0.1, -0.05) is 24.3 Å². The Kier molecular flexibility index (Phi) is 5.23. The second kappa shape index (κ2) is 7.34. The van der Waals surface area contributed by atoms with Crippen molar-refractivity contribution in [1.82, 2.24) is 5.43 Å². The van der Waals surface area contributed by atoms with Crippen LogP contribution in [0.2, 0.25) is 0 Å². The van der Waals surface area contributed by atoms with E-state index in [0.717, 1.165) is 16.8 Å². The molecule has 0 aliphatic carbocycles. The van der Waals surface area contributed by atoms with Crippen molar-refractivity contribution in [3.63, 3.8) is 0 Å². The molecule has 110 valence electrons. The van der Waals surface area contributed by atoms with Crippen molar-refractivity contribution in [1.29, 1.82) is 5.26 Å². The van der Waals surface area contributed by atoms with Gasteiger partial charge in [-0.15, -0.1) is 0 Å².